The second-order valence-electron chi connectivity index (χ2n) is 9.63. The Morgan fingerprint density at radius 2 is 1.36 bits per heavy atom. The van der Waals surface area contributed by atoms with Crippen LogP contribution in [-0.2, 0) is 25.9 Å². The minimum Gasteiger partial charge on any atom is -0.234 e. The molecule has 0 fully saturated rings. The lowest BCUT2D eigenvalue weighted by Gasteiger charge is -2.11. The fourth-order valence-corrected chi connectivity index (χ4v) is 4.99. The van der Waals surface area contributed by atoms with Gasteiger partial charge in [0.2, 0.25) is 0 Å². The number of rotatable bonds is 15. The van der Waals surface area contributed by atoms with Crippen molar-refractivity contribution in [3.05, 3.63) is 89.5 Å². The van der Waals surface area contributed by atoms with E-state index in [1.807, 2.05) is 0 Å². The molecule has 0 saturated heterocycles. The maximum absolute atomic E-state index is 2.58. The Balaban J connectivity index is 1.70. The Hall–Kier alpha value is -2.35. The van der Waals surface area contributed by atoms with Crippen molar-refractivity contribution in [1.29, 1.82) is 0 Å². The maximum atomic E-state index is 2.58. The van der Waals surface area contributed by atoms with Crippen LogP contribution in [0, 0.1) is 0 Å². The summed E-state index contributed by atoms with van der Waals surface area (Å²) in [6.07, 6.45) is 15.5. The Bertz CT molecular complexity index is 911. The van der Waals surface area contributed by atoms with Gasteiger partial charge in [-0.1, -0.05) is 113 Å². The standard InChI is InChI=1S/C31H45N2/c1-4-6-7-8-9-10-11-18-23-32-26-30(24-27(3)29-21-16-13-17-22-29)33(5-2)31(32)25-28-19-14-12-15-20-28/h12-17,19-22,26-27H,4-11,18,23-25H2,1-3H3/q+1. The van der Waals surface area contributed by atoms with Crippen LogP contribution in [0.15, 0.2) is 66.9 Å². The highest BCUT2D eigenvalue weighted by Gasteiger charge is 2.24. The number of imidazole rings is 1. The van der Waals surface area contributed by atoms with Gasteiger partial charge in [-0.2, -0.15) is 0 Å². The van der Waals surface area contributed by atoms with Gasteiger partial charge in [0.15, 0.2) is 0 Å². The Morgan fingerprint density at radius 1 is 0.758 bits per heavy atom. The average molecular weight is 446 g/mol. The Labute approximate surface area is 202 Å². The molecule has 33 heavy (non-hydrogen) atoms. The monoisotopic (exact) mass is 445 g/mol. The number of aryl methyl sites for hydroxylation is 1. The summed E-state index contributed by atoms with van der Waals surface area (Å²) >= 11 is 0. The van der Waals surface area contributed by atoms with Crippen molar-refractivity contribution in [1.82, 2.24) is 4.57 Å². The fraction of sp³-hybridized carbons (Fsp3) is 0.516. The Kier molecular flexibility index (Phi) is 10.7. The molecule has 1 unspecified atom stereocenters. The van der Waals surface area contributed by atoms with Crippen molar-refractivity contribution in [3.63, 3.8) is 0 Å². The molecule has 0 radical (unpaired) electrons. The third-order valence-electron chi connectivity index (χ3n) is 6.95. The predicted octanol–water partition coefficient (Wildman–Crippen LogP) is 7.87. The highest BCUT2D eigenvalue weighted by atomic mass is 15.2. The number of benzene rings is 2. The first kappa shape index (κ1) is 25.3. The first-order valence-electron chi connectivity index (χ1n) is 13.4. The molecule has 1 aromatic heterocycles. The molecule has 0 aliphatic heterocycles. The molecule has 2 heteroatoms. The molecule has 0 aliphatic rings. The average Bonchev–Trinajstić information content (AvgIpc) is 3.17. The number of hydrogen-bond donors (Lipinski definition) is 0. The highest BCUT2D eigenvalue weighted by molar-refractivity contribution is 5.22. The number of hydrogen-bond acceptors (Lipinski definition) is 0. The summed E-state index contributed by atoms with van der Waals surface area (Å²) in [5.41, 5.74) is 4.30. The van der Waals surface area contributed by atoms with Crippen LogP contribution >= 0.6 is 0 Å². The van der Waals surface area contributed by atoms with Crippen molar-refractivity contribution < 1.29 is 4.57 Å². The molecule has 0 spiro atoms. The molecule has 3 rings (SSSR count). The van der Waals surface area contributed by atoms with Crippen molar-refractivity contribution in [3.8, 4) is 0 Å². The van der Waals surface area contributed by atoms with E-state index in [1.165, 1.54) is 74.0 Å². The van der Waals surface area contributed by atoms with E-state index in [1.54, 1.807) is 0 Å². The van der Waals surface area contributed by atoms with Crippen molar-refractivity contribution in [2.24, 2.45) is 0 Å². The molecular weight excluding hydrogens is 400 g/mol. The molecule has 0 bridgehead atoms. The minimum atomic E-state index is 0.521. The summed E-state index contributed by atoms with van der Waals surface area (Å²) < 4.78 is 5.15. The van der Waals surface area contributed by atoms with Gasteiger partial charge < -0.3 is 0 Å². The summed E-state index contributed by atoms with van der Waals surface area (Å²) in [6, 6.07) is 21.9. The SMILES string of the molecule is CCCCCCCCCC[n+]1cc(CC(C)c2ccccc2)n(CC)c1Cc1ccccc1. The van der Waals surface area contributed by atoms with Gasteiger partial charge in [0.25, 0.3) is 5.82 Å². The van der Waals surface area contributed by atoms with E-state index in [4.69, 9.17) is 0 Å². The summed E-state index contributed by atoms with van der Waals surface area (Å²) in [5.74, 6) is 1.98. The van der Waals surface area contributed by atoms with Gasteiger partial charge in [0, 0.05) is 6.42 Å². The van der Waals surface area contributed by atoms with Crippen LogP contribution < -0.4 is 4.57 Å². The van der Waals surface area contributed by atoms with Gasteiger partial charge in [-0.15, -0.1) is 0 Å². The summed E-state index contributed by atoms with van der Waals surface area (Å²) in [7, 11) is 0. The first-order valence-corrected chi connectivity index (χ1v) is 13.4. The first-order chi connectivity index (χ1) is 16.2. The van der Waals surface area contributed by atoms with Crippen LogP contribution in [0.4, 0.5) is 0 Å². The number of aromatic nitrogens is 2. The summed E-state index contributed by atoms with van der Waals surface area (Å²) in [4.78, 5) is 0. The van der Waals surface area contributed by atoms with E-state index in [9.17, 15) is 0 Å². The molecule has 0 saturated carbocycles. The van der Waals surface area contributed by atoms with E-state index in [0.717, 1.165) is 25.9 Å². The quantitative estimate of drug-likeness (QED) is 0.166. The molecule has 0 amide bonds. The molecule has 2 nitrogen and oxygen atoms in total. The van der Waals surface area contributed by atoms with Crippen LogP contribution in [0.2, 0.25) is 0 Å². The van der Waals surface area contributed by atoms with Crippen LogP contribution in [-0.4, -0.2) is 4.57 Å². The van der Waals surface area contributed by atoms with E-state index < -0.39 is 0 Å². The zero-order valence-corrected chi connectivity index (χ0v) is 21.3. The van der Waals surface area contributed by atoms with Crippen LogP contribution in [0.1, 0.15) is 101 Å². The zero-order valence-electron chi connectivity index (χ0n) is 21.3. The van der Waals surface area contributed by atoms with Gasteiger partial charge in [-0.3, -0.25) is 0 Å². The smallest absolute Gasteiger partial charge is 0.234 e. The van der Waals surface area contributed by atoms with Gasteiger partial charge in [0.05, 0.1) is 19.5 Å². The van der Waals surface area contributed by atoms with Crippen LogP contribution in [0.3, 0.4) is 0 Å². The van der Waals surface area contributed by atoms with Crippen molar-refractivity contribution in [2.45, 2.75) is 104 Å². The Morgan fingerprint density at radius 3 is 2.00 bits per heavy atom. The predicted molar refractivity (Wildman–Crippen MR) is 141 cm³/mol. The lowest BCUT2D eigenvalue weighted by Crippen LogP contribution is -2.37. The topological polar surface area (TPSA) is 8.81 Å². The van der Waals surface area contributed by atoms with Gasteiger partial charge in [-0.05, 0) is 36.8 Å². The normalized spacial score (nSPS) is 12.2. The lowest BCUT2D eigenvalue weighted by atomic mass is 9.96. The largest absolute Gasteiger partial charge is 0.261 e. The number of nitrogens with zero attached hydrogens (tertiary/aromatic N) is 2. The molecule has 3 aromatic rings. The highest BCUT2D eigenvalue weighted by Crippen LogP contribution is 2.21. The lowest BCUT2D eigenvalue weighted by molar-refractivity contribution is -0.704. The van der Waals surface area contributed by atoms with E-state index >= 15 is 0 Å². The van der Waals surface area contributed by atoms with Crippen molar-refractivity contribution in [2.75, 3.05) is 0 Å². The van der Waals surface area contributed by atoms with Gasteiger partial charge in [0.1, 0.15) is 11.9 Å². The zero-order chi connectivity index (χ0) is 23.3. The minimum absolute atomic E-state index is 0.521. The van der Waals surface area contributed by atoms with Gasteiger partial charge in [-0.25, -0.2) is 9.13 Å². The third-order valence-corrected chi connectivity index (χ3v) is 6.95. The fourth-order valence-electron chi connectivity index (χ4n) is 4.99. The number of unbranched alkanes of at least 4 members (excludes halogenated alkanes) is 7. The molecule has 1 atom stereocenters. The molecular formula is C31H45N2+. The van der Waals surface area contributed by atoms with Gasteiger partial charge >= 0.3 is 0 Å². The molecule has 0 aliphatic carbocycles. The van der Waals surface area contributed by atoms with E-state index in [-0.39, 0.29) is 0 Å². The molecule has 178 valence electrons. The van der Waals surface area contributed by atoms with Crippen molar-refractivity contribution >= 4 is 0 Å². The molecule has 0 N–H and O–H groups in total. The van der Waals surface area contributed by atoms with E-state index in [0.29, 0.717) is 5.92 Å². The molecule has 1 heterocycles. The van der Waals surface area contributed by atoms with E-state index in [2.05, 4.69) is 96.8 Å². The maximum Gasteiger partial charge on any atom is 0.261 e. The van der Waals surface area contributed by atoms with Crippen LogP contribution in [0.5, 0.6) is 0 Å². The molecule has 2 aromatic carbocycles. The summed E-state index contributed by atoms with van der Waals surface area (Å²) in [5, 5.41) is 0. The van der Waals surface area contributed by atoms with Crippen LogP contribution in [0.25, 0.3) is 0 Å². The summed E-state index contributed by atoms with van der Waals surface area (Å²) in [6.45, 7) is 9.12. The second kappa shape index (κ2) is 14.0. The third kappa shape index (κ3) is 7.88. The second-order valence-corrected chi connectivity index (χ2v) is 9.63.